The van der Waals surface area contributed by atoms with Crippen molar-refractivity contribution in [3.05, 3.63) is 35.4 Å². The van der Waals surface area contributed by atoms with Gasteiger partial charge in [0, 0.05) is 0 Å². The Morgan fingerprint density at radius 3 is 2.13 bits per heavy atom. The van der Waals surface area contributed by atoms with Crippen molar-refractivity contribution in [2.75, 3.05) is 0 Å². The summed E-state index contributed by atoms with van der Waals surface area (Å²) in [6, 6.07) is 6.47. The Morgan fingerprint density at radius 2 is 1.65 bits per heavy atom. The Kier molecular flexibility index (Phi) is 5.19. The van der Waals surface area contributed by atoms with Crippen LogP contribution in [-0.2, 0) is 9.63 Å². The molecule has 1 aliphatic heterocycles. The molecule has 124 valence electrons. The first-order chi connectivity index (χ1) is 10.9. The highest BCUT2D eigenvalue weighted by Crippen LogP contribution is 2.32. The quantitative estimate of drug-likeness (QED) is 0.567. The number of benzene rings is 1. The van der Waals surface area contributed by atoms with Gasteiger partial charge in [0.15, 0.2) is 0 Å². The zero-order valence-electron chi connectivity index (χ0n) is 13.9. The number of unbranched alkanes of at least 4 members (excludes halogenated alkanes) is 2. The number of hydroxylamine groups is 2. The lowest BCUT2D eigenvalue weighted by molar-refractivity contribution is -0.181. The van der Waals surface area contributed by atoms with E-state index in [9.17, 15) is 14.4 Å². The number of rotatable bonds is 7. The Balaban J connectivity index is 2.11. The van der Waals surface area contributed by atoms with Crippen molar-refractivity contribution in [3.63, 3.8) is 0 Å². The second-order valence-electron chi connectivity index (χ2n) is 6.20. The molecule has 0 aromatic heterocycles. The average Bonchev–Trinajstić information content (AvgIpc) is 2.80. The van der Waals surface area contributed by atoms with Gasteiger partial charge in [-0.25, -0.2) is 4.79 Å². The maximum atomic E-state index is 12.5. The number of hydrogen-bond donors (Lipinski definition) is 0. The number of nitrogens with zero attached hydrogens (tertiary/aromatic N) is 1. The van der Waals surface area contributed by atoms with E-state index in [-0.39, 0.29) is 11.1 Å². The van der Waals surface area contributed by atoms with Gasteiger partial charge in [0.1, 0.15) is 0 Å². The van der Waals surface area contributed by atoms with Crippen molar-refractivity contribution in [1.82, 2.24) is 5.06 Å². The van der Waals surface area contributed by atoms with Crippen LogP contribution in [0.2, 0.25) is 0 Å². The van der Waals surface area contributed by atoms with Crippen LogP contribution in [0.25, 0.3) is 0 Å². The molecule has 5 heteroatoms. The van der Waals surface area contributed by atoms with Crippen molar-refractivity contribution in [2.45, 2.75) is 52.9 Å². The molecule has 2 rings (SSSR count). The van der Waals surface area contributed by atoms with Gasteiger partial charge in [-0.2, -0.15) is 0 Å². The topological polar surface area (TPSA) is 63.7 Å². The maximum Gasteiger partial charge on any atom is 0.339 e. The van der Waals surface area contributed by atoms with Crippen LogP contribution in [0.1, 0.15) is 73.6 Å². The van der Waals surface area contributed by atoms with Crippen LogP contribution in [0.15, 0.2) is 24.3 Å². The van der Waals surface area contributed by atoms with E-state index in [0.29, 0.717) is 17.9 Å². The van der Waals surface area contributed by atoms with E-state index in [4.69, 9.17) is 4.84 Å². The molecular weight excluding hydrogens is 294 g/mol. The molecule has 0 radical (unpaired) electrons. The monoisotopic (exact) mass is 317 g/mol. The third-order valence-electron chi connectivity index (χ3n) is 4.54. The molecule has 1 heterocycles. The second kappa shape index (κ2) is 6.94. The minimum Gasteiger partial charge on any atom is -0.329 e. The summed E-state index contributed by atoms with van der Waals surface area (Å²) in [7, 11) is 0. The van der Waals surface area contributed by atoms with Crippen molar-refractivity contribution in [3.8, 4) is 0 Å². The molecule has 1 atom stereocenters. The van der Waals surface area contributed by atoms with Crippen LogP contribution in [0, 0.1) is 5.41 Å². The predicted octanol–water partition coefficient (Wildman–Crippen LogP) is 3.74. The normalized spacial score (nSPS) is 16.2. The summed E-state index contributed by atoms with van der Waals surface area (Å²) >= 11 is 0. The molecule has 1 aliphatic rings. The van der Waals surface area contributed by atoms with Crippen LogP contribution >= 0.6 is 0 Å². The van der Waals surface area contributed by atoms with Crippen molar-refractivity contribution < 1.29 is 19.2 Å². The molecule has 1 unspecified atom stereocenters. The van der Waals surface area contributed by atoms with Gasteiger partial charge in [-0.15, -0.1) is 0 Å². The van der Waals surface area contributed by atoms with Gasteiger partial charge in [-0.1, -0.05) is 50.3 Å². The molecule has 0 saturated carbocycles. The molecular formula is C18H23NO4. The highest BCUT2D eigenvalue weighted by atomic mass is 16.7. The van der Waals surface area contributed by atoms with Gasteiger partial charge in [-0.3, -0.25) is 9.59 Å². The summed E-state index contributed by atoms with van der Waals surface area (Å²) in [5.41, 5.74) is -0.145. The van der Waals surface area contributed by atoms with E-state index in [1.807, 2.05) is 13.8 Å². The standard InChI is InChI=1S/C18H23NO4/c1-4-6-9-12-18(3,5-2)17(22)23-19-15(20)13-10-7-8-11-14(13)16(19)21/h7-8,10-11H,4-6,9,12H2,1-3H3. The SMILES string of the molecule is CCCCCC(C)(CC)C(=O)ON1C(=O)c2ccccc2C1=O. The first-order valence-corrected chi connectivity index (χ1v) is 8.14. The van der Waals surface area contributed by atoms with Gasteiger partial charge < -0.3 is 4.84 Å². The molecule has 0 saturated heterocycles. The molecule has 2 amide bonds. The third kappa shape index (κ3) is 3.28. The van der Waals surface area contributed by atoms with Crippen molar-refractivity contribution in [1.29, 1.82) is 0 Å². The Morgan fingerprint density at radius 1 is 1.09 bits per heavy atom. The van der Waals surface area contributed by atoms with Crippen LogP contribution in [-0.4, -0.2) is 22.8 Å². The van der Waals surface area contributed by atoms with E-state index in [1.165, 1.54) is 0 Å². The van der Waals surface area contributed by atoms with Crippen LogP contribution < -0.4 is 0 Å². The largest absolute Gasteiger partial charge is 0.339 e. The van der Waals surface area contributed by atoms with Gasteiger partial charge in [-0.05, 0) is 31.9 Å². The fourth-order valence-corrected chi connectivity index (χ4v) is 2.63. The van der Waals surface area contributed by atoms with Crippen LogP contribution in [0.4, 0.5) is 0 Å². The van der Waals surface area contributed by atoms with Gasteiger partial charge in [0.05, 0.1) is 16.5 Å². The maximum absolute atomic E-state index is 12.5. The predicted molar refractivity (Wildman–Crippen MR) is 85.6 cm³/mol. The average molecular weight is 317 g/mol. The molecule has 0 bridgehead atoms. The van der Waals surface area contributed by atoms with Crippen molar-refractivity contribution >= 4 is 17.8 Å². The van der Waals surface area contributed by atoms with Gasteiger partial charge >= 0.3 is 5.97 Å². The molecule has 0 spiro atoms. The van der Waals surface area contributed by atoms with Gasteiger partial charge in [0.2, 0.25) is 0 Å². The number of hydrogen-bond acceptors (Lipinski definition) is 4. The Labute approximate surface area is 136 Å². The summed E-state index contributed by atoms with van der Waals surface area (Å²) in [5.74, 6) is -1.68. The molecule has 0 N–H and O–H groups in total. The molecule has 0 fully saturated rings. The Hall–Kier alpha value is -2.17. The van der Waals surface area contributed by atoms with E-state index in [0.717, 1.165) is 19.3 Å². The molecule has 23 heavy (non-hydrogen) atoms. The van der Waals surface area contributed by atoms with E-state index in [2.05, 4.69) is 6.92 Å². The van der Waals surface area contributed by atoms with Crippen LogP contribution in [0.3, 0.4) is 0 Å². The summed E-state index contributed by atoms with van der Waals surface area (Å²) < 4.78 is 0. The fourth-order valence-electron chi connectivity index (χ4n) is 2.63. The molecule has 5 nitrogen and oxygen atoms in total. The second-order valence-corrected chi connectivity index (χ2v) is 6.20. The van der Waals surface area contributed by atoms with Crippen LogP contribution in [0.5, 0.6) is 0 Å². The lowest BCUT2D eigenvalue weighted by atomic mass is 9.82. The molecule has 1 aromatic rings. The summed E-state index contributed by atoms with van der Waals surface area (Å²) in [6.45, 7) is 5.83. The zero-order valence-corrected chi connectivity index (χ0v) is 13.9. The molecule has 0 aliphatic carbocycles. The van der Waals surface area contributed by atoms with E-state index < -0.39 is 23.2 Å². The summed E-state index contributed by atoms with van der Waals surface area (Å²) in [4.78, 5) is 42.2. The first-order valence-electron chi connectivity index (χ1n) is 8.14. The van der Waals surface area contributed by atoms with E-state index >= 15 is 0 Å². The third-order valence-corrected chi connectivity index (χ3v) is 4.54. The van der Waals surface area contributed by atoms with E-state index in [1.54, 1.807) is 24.3 Å². The number of fused-ring (bicyclic) bond motifs is 1. The first kappa shape index (κ1) is 17.2. The fraction of sp³-hybridized carbons (Fsp3) is 0.500. The number of carbonyl (C=O) groups is 3. The number of carbonyl (C=O) groups excluding carboxylic acids is 3. The van der Waals surface area contributed by atoms with Gasteiger partial charge in [0.25, 0.3) is 11.8 Å². The number of amides is 2. The molecule has 1 aromatic carbocycles. The lowest BCUT2D eigenvalue weighted by Crippen LogP contribution is -2.39. The van der Waals surface area contributed by atoms with Crippen molar-refractivity contribution in [2.24, 2.45) is 5.41 Å². The minimum absolute atomic E-state index is 0.273. The smallest absolute Gasteiger partial charge is 0.329 e. The highest BCUT2D eigenvalue weighted by molar-refractivity contribution is 6.20. The lowest BCUT2D eigenvalue weighted by Gasteiger charge is -2.27. The Bertz CT molecular complexity index is 590. The summed E-state index contributed by atoms with van der Waals surface area (Å²) in [6.07, 6.45) is 4.29. The zero-order chi connectivity index (χ0) is 17.0. The minimum atomic E-state index is -0.690. The summed E-state index contributed by atoms with van der Waals surface area (Å²) in [5, 5.41) is 0.598. The number of imide groups is 1. The highest BCUT2D eigenvalue weighted by Gasteiger charge is 2.42.